The Balaban J connectivity index is 2.31. The molecule has 0 aliphatic carbocycles. The third-order valence-corrected chi connectivity index (χ3v) is 4.88. The van der Waals surface area contributed by atoms with Gasteiger partial charge in [0.1, 0.15) is 5.82 Å². The average Bonchev–Trinajstić information content (AvgIpc) is 2.84. The van der Waals surface area contributed by atoms with Crippen molar-refractivity contribution in [3.8, 4) is 0 Å². The van der Waals surface area contributed by atoms with Gasteiger partial charge in [-0.3, -0.25) is 0 Å². The van der Waals surface area contributed by atoms with Crippen LogP contribution in [0.15, 0.2) is 59.6 Å². The van der Waals surface area contributed by atoms with Crippen LogP contribution in [0, 0.1) is 5.82 Å². The van der Waals surface area contributed by atoms with E-state index in [1.54, 1.807) is 18.2 Å². The Morgan fingerprint density at radius 1 is 1.05 bits per heavy atom. The summed E-state index contributed by atoms with van der Waals surface area (Å²) in [6.45, 7) is 0. The molecular weight excluding hydrogens is 301 g/mol. The predicted octanol–water partition coefficient (Wildman–Crippen LogP) is 3.67. The third kappa shape index (κ3) is 1.99. The Labute approximate surface area is 120 Å². The lowest BCUT2D eigenvalue weighted by Gasteiger charge is -2.08. The summed E-state index contributed by atoms with van der Waals surface area (Å²) >= 11 is 5.77. The van der Waals surface area contributed by atoms with Gasteiger partial charge in [-0.15, -0.1) is 0 Å². The summed E-state index contributed by atoms with van der Waals surface area (Å²) in [7, 11) is -3.82. The number of halogens is 2. The molecule has 0 saturated heterocycles. The lowest BCUT2D eigenvalue weighted by Crippen LogP contribution is -2.12. The van der Waals surface area contributed by atoms with Crippen LogP contribution in [0.25, 0.3) is 10.9 Å². The van der Waals surface area contributed by atoms with Crippen LogP contribution in [0.5, 0.6) is 0 Å². The molecule has 1 aromatic heterocycles. The van der Waals surface area contributed by atoms with Gasteiger partial charge in [0.15, 0.2) is 0 Å². The van der Waals surface area contributed by atoms with Crippen molar-refractivity contribution < 1.29 is 12.8 Å². The van der Waals surface area contributed by atoms with Crippen LogP contribution in [0.4, 0.5) is 4.39 Å². The van der Waals surface area contributed by atoms with Crippen LogP contribution in [-0.2, 0) is 10.0 Å². The highest BCUT2D eigenvalue weighted by atomic mass is 35.5. The van der Waals surface area contributed by atoms with E-state index in [9.17, 15) is 12.8 Å². The van der Waals surface area contributed by atoms with E-state index in [1.165, 1.54) is 30.5 Å². The van der Waals surface area contributed by atoms with Crippen molar-refractivity contribution in [2.75, 3.05) is 0 Å². The first-order valence-electron chi connectivity index (χ1n) is 5.77. The molecule has 0 spiro atoms. The van der Waals surface area contributed by atoms with Crippen LogP contribution in [-0.4, -0.2) is 12.4 Å². The van der Waals surface area contributed by atoms with Gasteiger partial charge in [-0.05, 0) is 30.3 Å². The Hall–Kier alpha value is -1.85. The highest BCUT2D eigenvalue weighted by Gasteiger charge is 2.20. The Morgan fingerprint density at radius 2 is 1.75 bits per heavy atom. The zero-order valence-electron chi connectivity index (χ0n) is 10.1. The first-order valence-corrected chi connectivity index (χ1v) is 7.59. The average molecular weight is 310 g/mol. The smallest absolute Gasteiger partial charge is 0.238 e. The van der Waals surface area contributed by atoms with E-state index in [1.807, 2.05) is 0 Å². The lowest BCUT2D eigenvalue weighted by atomic mass is 10.2. The second-order valence-electron chi connectivity index (χ2n) is 4.26. The van der Waals surface area contributed by atoms with E-state index in [4.69, 9.17) is 11.6 Å². The minimum Gasteiger partial charge on any atom is -0.238 e. The second kappa shape index (κ2) is 4.61. The van der Waals surface area contributed by atoms with Crippen molar-refractivity contribution in [1.29, 1.82) is 0 Å². The normalized spacial score (nSPS) is 11.9. The Morgan fingerprint density at radius 3 is 2.45 bits per heavy atom. The lowest BCUT2D eigenvalue weighted by molar-refractivity contribution is 0.586. The summed E-state index contributed by atoms with van der Waals surface area (Å²) in [5.74, 6) is -0.669. The molecule has 102 valence electrons. The molecule has 20 heavy (non-hydrogen) atoms. The molecule has 0 N–H and O–H groups in total. The van der Waals surface area contributed by atoms with Crippen molar-refractivity contribution in [3.63, 3.8) is 0 Å². The van der Waals surface area contributed by atoms with Crippen molar-refractivity contribution in [2.45, 2.75) is 4.90 Å². The maximum absolute atomic E-state index is 14.0. The van der Waals surface area contributed by atoms with Gasteiger partial charge in [0.25, 0.3) is 10.0 Å². The van der Waals surface area contributed by atoms with E-state index in [0.717, 1.165) is 10.0 Å². The van der Waals surface area contributed by atoms with E-state index in [-0.39, 0.29) is 15.4 Å². The van der Waals surface area contributed by atoms with Crippen LogP contribution < -0.4 is 0 Å². The molecular formula is C14H9ClFNO2S. The first kappa shape index (κ1) is 13.1. The standard InChI is InChI=1S/C14H9ClFNO2S/c15-11-8-10-6-7-17(14(10)13(16)9-11)20(18,19)12-4-2-1-3-5-12/h1-9H. The number of aromatic nitrogens is 1. The van der Waals surface area contributed by atoms with E-state index < -0.39 is 15.8 Å². The van der Waals surface area contributed by atoms with Crippen molar-refractivity contribution in [2.24, 2.45) is 0 Å². The minimum atomic E-state index is -3.82. The molecule has 0 bridgehead atoms. The molecule has 0 radical (unpaired) electrons. The van der Waals surface area contributed by atoms with Crippen molar-refractivity contribution in [1.82, 2.24) is 3.97 Å². The quantitative estimate of drug-likeness (QED) is 0.724. The zero-order chi connectivity index (χ0) is 14.3. The molecule has 0 aliphatic rings. The molecule has 0 fully saturated rings. The van der Waals surface area contributed by atoms with E-state index in [2.05, 4.69) is 0 Å². The maximum Gasteiger partial charge on any atom is 0.268 e. The monoisotopic (exact) mass is 309 g/mol. The summed E-state index contributed by atoms with van der Waals surface area (Å²) in [6, 6.07) is 12.0. The Kier molecular flexibility index (Phi) is 3.03. The van der Waals surface area contributed by atoms with Crippen LogP contribution in [0.3, 0.4) is 0 Å². The Bertz CT molecular complexity index is 888. The number of rotatable bonds is 2. The molecule has 1 heterocycles. The fourth-order valence-electron chi connectivity index (χ4n) is 2.07. The van der Waals surface area contributed by atoms with Gasteiger partial charge in [0.05, 0.1) is 10.4 Å². The van der Waals surface area contributed by atoms with Gasteiger partial charge in [-0.1, -0.05) is 29.8 Å². The number of hydrogen-bond donors (Lipinski definition) is 0. The zero-order valence-corrected chi connectivity index (χ0v) is 11.7. The number of nitrogens with zero attached hydrogens (tertiary/aromatic N) is 1. The number of fused-ring (bicyclic) bond motifs is 1. The summed E-state index contributed by atoms with van der Waals surface area (Å²) in [5.41, 5.74) is -0.00162. The fourth-order valence-corrected chi connectivity index (χ4v) is 3.67. The van der Waals surface area contributed by atoms with Gasteiger partial charge in [-0.25, -0.2) is 16.8 Å². The summed E-state index contributed by atoms with van der Waals surface area (Å²) in [5, 5.41) is 0.666. The van der Waals surface area contributed by atoms with Crippen LogP contribution >= 0.6 is 11.6 Å². The molecule has 0 unspecified atom stereocenters. The first-order chi connectivity index (χ1) is 9.50. The molecule has 3 nitrogen and oxygen atoms in total. The summed E-state index contributed by atoms with van der Waals surface area (Å²) in [4.78, 5) is 0.104. The third-order valence-electron chi connectivity index (χ3n) is 2.97. The maximum atomic E-state index is 14.0. The molecule has 0 amide bonds. The molecule has 0 atom stereocenters. The van der Waals surface area contributed by atoms with Gasteiger partial charge >= 0.3 is 0 Å². The van der Waals surface area contributed by atoms with Gasteiger partial charge < -0.3 is 0 Å². The summed E-state index contributed by atoms with van der Waals surface area (Å²) in [6.07, 6.45) is 1.33. The van der Waals surface area contributed by atoms with Crippen LogP contribution in [0.2, 0.25) is 5.02 Å². The van der Waals surface area contributed by atoms with E-state index in [0.29, 0.717) is 5.39 Å². The largest absolute Gasteiger partial charge is 0.268 e. The molecule has 6 heteroatoms. The molecule has 3 rings (SSSR count). The second-order valence-corrected chi connectivity index (χ2v) is 6.51. The highest BCUT2D eigenvalue weighted by Crippen LogP contribution is 2.27. The fraction of sp³-hybridized carbons (Fsp3) is 0. The van der Waals surface area contributed by atoms with Crippen molar-refractivity contribution in [3.05, 3.63) is 65.6 Å². The highest BCUT2D eigenvalue weighted by molar-refractivity contribution is 7.90. The summed E-state index contributed by atoms with van der Waals surface area (Å²) < 4.78 is 40.0. The van der Waals surface area contributed by atoms with Crippen LogP contribution in [0.1, 0.15) is 0 Å². The molecule has 3 aromatic rings. The van der Waals surface area contributed by atoms with Gasteiger partial charge in [0, 0.05) is 16.6 Å². The van der Waals surface area contributed by atoms with Gasteiger partial charge in [-0.2, -0.15) is 0 Å². The minimum absolute atomic E-state index is 0.00162. The topological polar surface area (TPSA) is 39.1 Å². The SMILES string of the molecule is O=S(=O)(c1ccccc1)n1ccc2cc(Cl)cc(F)c21. The molecule has 0 aliphatic heterocycles. The van der Waals surface area contributed by atoms with E-state index >= 15 is 0 Å². The molecule has 2 aromatic carbocycles. The predicted molar refractivity (Wildman–Crippen MR) is 75.9 cm³/mol. The molecule has 0 saturated carbocycles. The number of hydrogen-bond acceptors (Lipinski definition) is 2. The van der Waals surface area contributed by atoms with Gasteiger partial charge in [0.2, 0.25) is 0 Å². The number of benzene rings is 2. The van der Waals surface area contributed by atoms with Crippen molar-refractivity contribution >= 4 is 32.5 Å².